The molecule has 0 aliphatic rings. The lowest BCUT2D eigenvalue weighted by molar-refractivity contribution is -0.124. The number of amides is 2. The molecule has 5 heteroatoms. The van der Waals surface area contributed by atoms with E-state index in [-0.39, 0.29) is 5.91 Å². The minimum absolute atomic E-state index is 0.189. The molecule has 2 aromatic carbocycles. The Morgan fingerprint density at radius 1 is 1.05 bits per heavy atom. The van der Waals surface area contributed by atoms with Gasteiger partial charge < -0.3 is 15.7 Å². The quantitative estimate of drug-likeness (QED) is 0.812. The fraction of sp³-hybridized carbons (Fsp3) is 0.176. The van der Waals surface area contributed by atoms with Crippen LogP contribution in [0.2, 0.25) is 0 Å². The number of hydrogen-bond acceptors (Lipinski definition) is 3. The Balaban J connectivity index is 2.15. The Morgan fingerprint density at radius 2 is 1.73 bits per heavy atom. The van der Waals surface area contributed by atoms with Crippen molar-refractivity contribution >= 4 is 23.2 Å². The zero-order valence-electron chi connectivity index (χ0n) is 12.5. The first-order chi connectivity index (χ1) is 10.5. The molecule has 0 radical (unpaired) electrons. The highest BCUT2D eigenvalue weighted by atomic mass is 16.3. The molecule has 0 fully saturated rings. The van der Waals surface area contributed by atoms with E-state index in [1.54, 1.807) is 42.5 Å². The topological polar surface area (TPSA) is 78.4 Å². The molecule has 5 nitrogen and oxygen atoms in total. The number of hydrogen-bond donors (Lipinski definition) is 3. The Labute approximate surface area is 129 Å². The number of anilines is 2. The van der Waals surface area contributed by atoms with Gasteiger partial charge in [0.15, 0.2) is 6.10 Å². The number of benzene rings is 2. The van der Waals surface area contributed by atoms with Gasteiger partial charge in [0.25, 0.3) is 5.91 Å². The monoisotopic (exact) mass is 298 g/mol. The standard InChI is InChI=1S/C17H18N2O3/c1-11-8-9-14(18-12(2)20)10-15(11)19-17(22)16(21)13-6-4-3-5-7-13/h3-10,16,21H,1-2H3,(H,18,20)(H,19,22). The third-order valence-electron chi connectivity index (χ3n) is 3.18. The molecule has 2 rings (SSSR count). The van der Waals surface area contributed by atoms with Gasteiger partial charge in [-0.2, -0.15) is 0 Å². The Bertz CT molecular complexity index is 684. The van der Waals surface area contributed by atoms with Crippen molar-refractivity contribution in [2.75, 3.05) is 10.6 Å². The van der Waals surface area contributed by atoms with Crippen molar-refractivity contribution in [2.45, 2.75) is 20.0 Å². The lowest BCUT2D eigenvalue weighted by atomic mass is 10.1. The van der Waals surface area contributed by atoms with Crippen LogP contribution in [0.5, 0.6) is 0 Å². The molecule has 0 heterocycles. The lowest BCUT2D eigenvalue weighted by Gasteiger charge is -2.14. The molecule has 114 valence electrons. The van der Waals surface area contributed by atoms with E-state index in [1.807, 2.05) is 13.0 Å². The molecule has 1 atom stereocenters. The molecular weight excluding hydrogens is 280 g/mol. The van der Waals surface area contributed by atoms with Crippen molar-refractivity contribution < 1.29 is 14.7 Å². The highest BCUT2D eigenvalue weighted by Gasteiger charge is 2.17. The van der Waals surface area contributed by atoms with Crippen LogP contribution in [-0.2, 0) is 9.59 Å². The zero-order chi connectivity index (χ0) is 16.1. The highest BCUT2D eigenvalue weighted by Crippen LogP contribution is 2.22. The van der Waals surface area contributed by atoms with E-state index in [4.69, 9.17) is 0 Å². The largest absolute Gasteiger partial charge is 0.378 e. The van der Waals surface area contributed by atoms with Gasteiger partial charge in [0.05, 0.1) is 0 Å². The van der Waals surface area contributed by atoms with Crippen LogP contribution in [0.3, 0.4) is 0 Å². The lowest BCUT2D eigenvalue weighted by Crippen LogP contribution is -2.21. The minimum atomic E-state index is -1.25. The van der Waals surface area contributed by atoms with Crippen LogP contribution in [0, 0.1) is 6.92 Å². The smallest absolute Gasteiger partial charge is 0.257 e. The molecular formula is C17H18N2O3. The van der Waals surface area contributed by atoms with Crippen molar-refractivity contribution in [2.24, 2.45) is 0 Å². The first-order valence-corrected chi connectivity index (χ1v) is 6.89. The van der Waals surface area contributed by atoms with Crippen LogP contribution in [-0.4, -0.2) is 16.9 Å². The number of aryl methyl sites for hydroxylation is 1. The summed E-state index contributed by atoms with van der Waals surface area (Å²) < 4.78 is 0. The van der Waals surface area contributed by atoms with E-state index in [0.29, 0.717) is 16.9 Å². The predicted molar refractivity (Wildman–Crippen MR) is 85.5 cm³/mol. The minimum Gasteiger partial charge on any atom is -0.378 e. The molecule has 3 N–H and O–H groups in total. The van der Waals surface area contributed by atoms with Gasteiger partial charge >= 0.3 is 0 Å². The maximum Gasteiger partial charge on any atom is 0.257 e. The molecule has 0 spiro atoms. The number of rotatable bonds is 4. The molecule has 0 saturated carbocycles. The van der Waals surface area contributed by atoms with Crippen LogP contribution in [0.25, 0.3) is 0 Å². The van der Waals surface area contributed by atoms with Crippen LogP contribution in [0.1, 0.15) is 24.2 Å². The summed E-state index contributed by atoms with van der Waals surface area (Å²) in [5.74, 6) is -0.709. The first kappa shape index (κ1) is 15.7. The normalized spacial score (nSPS) is 11.6. The SMILES string of the molecule is CC(=O)Nc1ccc(C)c(NC(=O)C(O)c2ccccc2)c1. The van der Waals surface area contributed by atoms with Gasteiger partial charge in [0, 0.05) is 18.3 Å². The maximum absolute atomic E-state index is 12.2. The summed E-state index contributed by atoms with van der Waals surface area (Å²) in [6.45, 7) is 3.25. The van der Waals surface area contributed by atoms with Crippen LogP contribution in [0.4, 0.5) is 11.4 Å². The molecule has 2 amide bonds. The van der Waals surface area contributed by atoms with E-state index in [9.17, 15) is 14.7 Å². The van der Waals surface area contributed by atoms with E-state index in [0.717, 1.165) is 5.56 Å². The van der Waals surface area contributed by atoms with Crippen LogP contribution in [0.15, 0.2) is 48.5 Å². The van der Waals surface area contributed by atoms with E-state index in [1.165, 1.54) is 6.92 Å². The molecule has 0 aliphatic carbocycles. The first-order valence-electron chi connectivity index (χ1n) is 6.89. The van der Waals surface area contributed by atoms with Crippen molar-refractivity contribution in [3.05, 3.63) is 59.7 Å². The molecule has 0 saturated heterocycles. The number of carbonyl (C=O) groups is 2. The van der Waals surface area contributed by atoms with Crippen molar-refractivity contribution in [3.63, 3.8) is 0 Å². The Hall–Kier alpha value is -2.66. The summed E-state index contributed by atoms with van der Waals surface area (Å²) in [7, 11) is 0. The Kier molecular flexibility index (Phi) is 4.91. The number of aliphatic hydroxyl groups excluding tert-OH is 1. The van der Waals surface area contributed by atoms with Gasteiger partial charge in [-0.05, 0) is 30.2 Å². The molecule has 0 aromatic heterocycles. The second-order valence-corrected chi connectivity index (χ2v) is 5.01. The van der Waals surface area contributed by atoms with Crippen molar-refractivity contribution in [1.82, 2.24) is 0 Å². The van der Waals surface area contributed by atoms with Crippen molar-refractivity contribution in [3.8, 4) is 0 Å². The highest BCUT2D eigenvalue weighted by molar-refractivity contribution is 5.96. The number of carbonyl (C=O) groups excluding carboxylic acids is 2. The number of aliphatic hydroxyl groups is 1. The summed E-state index contributed by atoms with van der Waals surface area (Å²) in [5, 5.41) is 15.4. The second kappa shape index (κ2) is 6.87. The molecule has 0 bridgehead atoms. The average molecular weight is 298 g/mol. The average Bonchev–Trinajstić information content (AvgIpc) is 2.50. The summed E-state index contributed by atoms with van der Waals surface area (Å²) in [6.07, 6.45) is -1.25. The summed E-state index contributed by atoms with van der Waals surface area (Å²) in [5.41, 5.74) is 2.49. The van der Waals surface area contributed by atoms with Crippen LogP contribution >= 0.6 is 0 Å². The van der Waals surface area contributed by atoms with Gasteiger partial charge in [-0.3, -0.25) is 9.59 Å². The number of nitrogens with one attached hydrogen (secondary N) is 2. The zero-order valence-corrected chi connectivity index (χ0v) is 12.5. The Morgan fingerprint density at radius 3 is 2.36 bits per heavy atom. The molecule has 2 aromatic rings. The van der Waals surface area contributed by atoms with Crippen LogP contribution < -0.4 is 10.6 Å². The van der Waals surface area contributed by atoms with Gasteiger partial charge in [0.2, 0.25) is 5.91 Å². The fourth-order valence-electron chi connectivity index (χ4n) is 2.03. The predicted octanol–water partition coefficient (Wildman–Crippen LogP) is 2.63. The summed E-state index contributed by atoms with van der Waals surface area (Å²) in [6, 6.07) is 13.9. The summed E-state index contributed by atoms with van der Waals surface area (Å²) in [4.78, 5) is 23.2. The third kappa shape index (κ3) is 3.93. The second-order valence-electron chi connectivity index (χ2n) is 5.01. The fourth-order valence-corrected chi connectivity index (χ4v) is 2.03. The van der Waals surface area contributed by atoms with E-state index in [2.05, 4.69) is 10.6 Å². The molecule has 22 heavy (non-hydrogen) atoms. The van der Waals surface area contributed by atoms with E-state index < -0.39 is 12.0 Å². The maximum atomic E-state index is 12.2. The molecule has 0 aliphatic heterocycles. The van der Waals surface area contributed by atoms with Gasteiger partial charge in [-0.15, -0.1) is 0 Å². The third-order valence-corrected chi connectivity index (χ3v) is 3.18. The molecule has 1 unspecified atom stereocenters. The summed E-state index contributed by atoms with van der Waals surface area (Å²) >= 11 is 0. The van der Waals surface area contributed by atoms with Gasteiger partial charge in [-0.1, -0.05) is 36.4 Å². The van der Waals surface area contributed by atoms with Gasteiger partial charge in [0.1, 0.15) is 0 Å². The van der Waals surface area contributed by atoms with Crippen molar-refractivity contribution in [1.29, 1.82) is 0 Å². The van der Waals surface area contributed by atoms with Gasteiger partial charge in [-0.25, -0.2) is 0 Å². The van der Waals surface area contributed by atoms with E-state index >= 15 is 0 Å².